The SMILES string of the molecule is COC(=O)CNC(=O)c1sccc1NS(C)(=O)=O. The van der Waals surface area contributed by atoms with Gasteiger partial charge in [0.1, 0.15) is 11.4 Å². The Kier molecular flexibility index (Phi) is 4.68. The summed E-state index contributed by atoms with van der Waals surface area (Å²) in [6.07, 6.45) is 0.987. The molecule has 2 N–H and O–H groups in total. The van der Waals surface area contributed by atoms with Crippen LogP contribution in [0.1, 0.15) is 9.67 Å². The molecule has 0 aliphatic rings. The number of thiophene rings is 1. The van der Waals surface area contributed by atoms with E-state index in [1.165, 1.54) is 13.2 Å². The van der Waals surface area contributed by atoms with E-state index in [9.17, 15) is 18.0 Å². The van der Waals surface area contributed by atoms with Crippen LogP contribution in [0.3, 0.4) is 0 Å². The summed E-state index contributed by atoms with van der Waals surface area (Å²) in [5, 5.41) is 3.89. The lowest BCUT2D eigenvalue weighted by Crippen LogP contribution is -2.30. The number of hydrogen-bond donors (Lipinski definition) is 2. The van der Waals surface area contributed by atoms with Gasteiger partial charge in [0, 0.05) is 0 Å². The minimum atomic E-state index is -3.45. The second-order valence-corrected chi connectivity index (χ2v) is 5.96. The van der Waals surface area contributed by atoms with Crippen LogP contribution in [0.2, 0.25) is 0 Å². The van der Waals surface area contributed by atoms with Gasteiger partial charge in [-0.05, 0) is 11.4 Å². The van der Waals surface area contributed by atoms with Crippen molar-refractivity contribution < 1.29 is 22.7 Å². The van der Waals surface area contributed by atoms with E-state index in [1.54, 1.807) is 5.38 Å². The number of carbonyl (C=O) groups excluding carboxylic acids is 2. The van der Waals surface area contributed by atoms with Crippen molar-refractivity contribution >= 4 is 38.9 Å². The fourth-order valence-corrected chi connectivity index (χ4v) is 2.47. The van der Waals surface area contributed by atoms with E-state index >= 15 is 0 Å². The van der Waals surface area contributed by atoms with Crippen LogP contribution in [0, 0.1) is 0 Å². The van der Waals surface area contributed by atoms with Gasteiger partial charge in [-0.1, -0.05) is 0 Å². The second-order valence-electron chi connectivity index (χ2n) is 3.30. The van der Waals surface area contributed by atoms with Crippen LogP contribution in [0.15, 0.2) is 11.4 Å². The monoisotopic (exact) mass is 292 g/mol. The molecule has 100 valence electrons. The molecule has 0 saturated heterocycles. The minimum absolute atomic E-state index is 0.185. The number of nitrogens with one attached hydrogen (secondary N) is 2. The van der Waals surface area contributed by atoms with Gasteiger partial charge in [0.2, 0.25) is 10.0 Å². The number of sulfonamides is 1. The minimum Gasteiger partial charge on any atom is -0.468 e. The molecule has 0 atom stereocenters. The summed E-state index contributed by atoms with van der Waals surface area (Å²) < 4.78 is 28.7. The van der Waals surface area contributed by atoms with Crippen molar-refractivity contribution in [3.63, 3.8) is 0 Å². The zero-order chi connectivity index (χ0) is 13.8. The Morgan fingerprint density at radius 3 is 2.67 bits per heavy atom. The maximum atomic E-state index is 11.7. The average molecular weight is 292 g/mol. The highest BCUT2D eigenvalue weighted by molar-refractivity contribution is 7.92. The highest BCUT2D eigenvalue weighted by atomic mass is 32.2. The van der Waals surface area contributed by atoms with Gasteiger partial charge in [0.15, 0.2) is 0 Å². The van der Waals surface area contributed by atoms with Crippen molar-refractivity contribution in [3.8, 4) is 0 Å². The van der Waals surface area contributed by atoms with E-state index in [0.29, 0.717) is 0 Å². The molecule has 0 radical (unpaired) electrons. The van der Waals surface area contributed by atoms with Gasteiger partial charge in [0.05, 0.1) is 19.1 Å². The molecule has 0 saturated carbocycles. The fourth-order valence-electron chi connectivity index (χ4n) is 1.07. The number of amides is 1. The average Bonchev–Trinajstić information content (AvgIpc) is 2.70. The quantitative estimate of drug-likeness (QED) is 0.745. The highest BCUT2D eigenvalue weighted by Crippen LogP contribution is 2.22. The summed E-state index contributed by atoms with van der Waals surface area (Å²) in [7, 11) is -2.25. The molecule has 1 aromatic heterocycles. The molecule has 1 amide bonds. The van der Waals surface area contributed by atoms with E-state index < -0.39 is 21.9 Å². The first kappa shape index (κ1) is 14.5. The smallest absolute Gasteiger partial charge is 0.325 e. The van der Waals surface area contributed by atoms with Crippen molar-refractivity contribution in [1.82, 2.24) is 5.32 Å². The largest absolute Gasteiger partial charge is 0.468 e. The number of methoxy groups -OCH3 is 1. The van der Waals surface area contributed by atoms with Crippen LogP contribution in [0.4, 0.5) is 5.69 Å². The molecule has 1 heterocycles. The third-order valence-corrected chi connectivity index (χ3v) is 3.29. The molecule has 0 unspecified atom stereocenters. The molecular formula is C9H12N2O5S2. The molecule has 1 rings (SSSR count). The van der Waals surface area contributed by atoms with Gasteiger partial charge >= 0.3 is 5.97 Å². The Morgan fingerprint density at radius 2 is 2.11 bits per heavy atom. The van der Waals surface area contributed by atoms with Gasteiger partial charge in [0.25, 0.3) is 5.91 Å². The molecule has 1 aromatic rings. The summed E-state index contributed by atoms with van der Waals surface area (Å²) in [6, 6.07) is 1.47. The lowest BCUT2D eigenvalue weighted by molar-refractivity contribution is -0.139. The van der Waals surface area contributed by atoms with Gasteiger partial charge in [-0.25, -0.2) is 8.42 Å². The summed E-state index contributed by atoms with van der Waals surface area (Å²) in [6.45, 7) is -0.272. The number of rotatable bonds is 5. The first-order chi connectivity index (χ1) is 8.33. The van der Waals surface area contributed by atoms with Crippen molar-refractivity contribution in [3.05, 3.63) is 16.3 Å². The highest BCUT2D eigenvalue weighted by Gasteiger charge is 2.16. The predicted octanol–water partition coefficient (Wildman–Crippen LogP) is 0.0224. The molecule has 7 nitrogen and oxygen atoms in total. The third kappa shape index (κ3) is 4.34. The van der Waals surface area contributed by atoms with Crippen molar-refractivity contribution in [2.24, 2.45) is 0 Å². The number of hydrogen-bond acceptors (Lipinski definition) is 6. The van der Waals surface area contributed by atoms with E-state index in [4.69, 9.17) is 0 Å². The first-order valence-corrected chi connectivity index (χ1v) is 7.51. The number of anilines is 1. The lowest BCUT2D eigenvalue weighted by Gasteiger charge is -2.06. The molecule has 9 heteroatoms. The molecule has 0 fully saturated rings. The third-order valence-electron chi connectivity index (χ3n) is 1.79. The van der Waals surface area contributed by atoms with E-state index in [-0.39, 0.29) is 17.1 Å². The summed E-state index contributed by atoms with van der Waals surface area (Å²) in [5.41, 5.74) is 0.185. The normalized spacial score (nSPS) is 10.8. The van der Waals surface area contributed by atoms with Crippen molar-refractivity contribution in [2.75, 3.05) is 24.6 Å². The summed E-state index contributed by atoms with van der Waals surface area (Å²) in [4.78, 5) is 22.7. The molecule has 0 spiro atoms. The summed E-state index contributed by atoms with van der Waals surface area (Å²) in [5.74, 6) is -1.13. The first-order valence-electron chi connectivity index (χ1n) is 4.74. The molecule has 0 bridgehead atoms. The van der Waals surface area contributed by atoms with E-state index in [2.05, 4.69) is 14.8 Å². The van der Waals surface area contributed by atoms with Crippen LogP contribution in [0.25, 0.3) is 0 Å². The van der Waals surface area contributed by atoms with Crippen LogP contribution in [-0.2, 0) is 19.6 Å². The second kappa shape index (κ2) is 5.83. The maximum Gasteiger partial charge on any atom is 0.325 e. The van der Waals surface area contributed by atoms with E-state index in [0.717, 1.165) is 17.6 Å². The Labute approximate surface area is 108 Å². The van der Waals surface area contributed by atoms with Crippen LogP contribution in [0.5, 0.6) is 0 Å². The Hall–Kier alpha value is -1.61. The molecule has 0 aliphatic heterocycles. The van der Waals surface area contributed by atoms with Crippen molar-refractivity contribution in [1.29, 1.82) is 0 Å². The topological polar surface area (TPSA) is 102 Å². The Balaban J connectivity index is 2.75. The zero-order valence-electron chi connectivity index (χ0n) is 9.72. The standard InChI is InChI=1S/C9H12N2O5S2/c1-16-7(12)5-10-9(13)8-6(3-4-17-8)11-18(2,14)15/h3-4,11H,5H2,1-2H3,(H,10,13). The Bertz CT molecular complexity index is 549. The van der Waals surface area contributed by atoms with Crippen LogP contribution < -0.4 is 10.0 Å². The molecule has 0 aromatic carbocycles. The van der Waals surface area contributed by atoms with Gasteiger partial charge in [-0.15, -0.1) is 11.3 Å². The zero-order valence-corrected chi connectivity index (χ0v) is 11.4. The molecular weight excluding hydrogens is 280 g/mol. The van der Waals surface area contributed by atoms with Crippen molar-refractivity contribution in [2.45, 2.75) is 0 Å². The van der Waals surface area contributed by atoms with Gasteiger partial charge < -0.3 is 10.1 Å². The predicted molar refractivity (Wildman–Crippen MR) is 67.1 cm³/mol. The number of esters is 1. The van der Waals surface area contributed by atoms with Gasteiger partial charge in [-0.2, -0.15) is 0 Å². The molecule has 0 aliphatic carbocycles. The number of ether oxygens (including phenoxy) is 1. The lowest BCUT2D eigenvalue weighted by atomic mass is 10.4. The van der Waals surface area contributed by atoms with Crippen LogP contribution >= 0.6 is 11.3 Å². The number of carbonyl (C=O) groups is 2. The van der Waals surface area contributed by atoms with Gasteiger partial charge in [-0.3, -0.25) is 14.3 Å². The van der Waals surface area contributed by atoms with Crippen LogP contribution in [-0.4, -0.2) is 40.2 Å². The fraction of sp³-hybridized carbons (Fsp3) is 0.333. The maximum absolute atomic E-state index is 11.7. The van der Waals surface area contributed by atoms with E-state index in [1.807, 2.05) is 0 Å². The molecule has 18 heavy (non-hydrogen) atoms. The summed E-state index contributed by atoms with van der Waals surface area (Å²) >= 11 is 1.07. The Morgan fingerprint density at radius 1 is 1.44 bits per heavy atom.